The number of rotatable bonds is 1. The van der Waals surface area contributed by atoms with Crippen molar-refractivity contribution in [3.8, 4) is 0 Å². The van der Waals surface area contributed by atoms with Crippen LogP contribution in [0, 0.1) is 5.92 Å². The smallest absolute Gasteiger partial charge is 0.164 e. The number of hydrogen-bond donors (Lipinski definition) is 2. The molecular weight excluding hydrogens is 184 g/mol. The zero-order valence-corrected chi connectivity index (χ0v) is 8.86. The third kappa shape index (κ3) is 1.29. The molecule has 0 aromatic heterocycles. The summed E-state index contributed by atoms with van der Waals surface area (Å²) in [5.74, 6) is -0.696. The average molecular weight is 202 g/mol. The number of hydrogen-bond acceptors (Lipinski definition) is 4. The molecule has 4 atom stereocenters. The van der Waals surface area contributed by atoms with Crippen molar-refractivity contribution < 1.29 is 19.7 Å². The Morgan fingerprint density at radius 2 is 2.00 bits per heavy atom. The van der Waals surface area contributed by atoms with Gasteiger partial charge in [0.2, 0.25) is 0 Å². The molecule has 0 aromatic rings. The van der Waals surface area contributed by atoms with Gasteiger partial charge in [-0.2, -0.15) is 0 Å². The van der Waals surface area contributed by atoms with E-state index in [0.29, 0.717) is 6.42 Å². The molecule has 0 spiro atoms. The summed E-state index contributed by atoms with van der Waals surface area (Å²) in [6.07, 6.45) is -0.290. The lowest BCUT2D eigenvalue weighted by Crippen LogP contribution is -2.41. The highest BCUT2D eigenvalue weighted by Crippen LogP contribution is 2.49. The molecule has 4 nitrogen and oxygen atoms in total. The molecule has 0 amide bonds. The molecule has 2 aliphatic rings. The van der Waals surface area contributed by atoms with Crippen LogP contribution >= 0.6 is 0 Å². The van der Waals surface area contributed by atoms with Gasteiger partial charge in [0, 0.05) is 12.5 Å². The monoisotopic (exact) mass is 202 g/mol. The minimum Gasteiger partial charge on any atom is -0.396 e. The molecule has 2 N–H and O–H groups in total. The maximum Gasteiger partial charge on any atom is 0.164 e. The quantitative estimate of drug-likeness (QED) is 0.641. The van der Waals surface area contributed by atoms with Gasteiger partial charge in [-0.05, 0) is 27.2 Å². The zero-order chi connectivity index (χ0) is 10.6. The first-order valence-electron chi connectivity index (χ1n) is 5.06. The lowest BCUT2D eigenvalue weighted by Gasteiger charge is -2.29. The summed E-state index contributed by atoms with van der Waals surface area (Å²) in [7, 11) is 0. The van der Waals surface area contributed by atoms with Crippen LogP contribution in [0.2, 0.25) is 0 Å². The van der Waals surface area contributed by atoms with Gasteiger partial charge in [0.25, 0.3) is 0 Å². The first-order valence-corrected chi connectivity index (χ1v) is 5.06. The van der Waals surface area contributed by atoms with Crippen molar-refractivity contribution >= 4 is 0 Å². The first-order chi connectivity index (χ1) is 6.39. The van der Waals surface area contributed by atoms with Gasteiger partial charge in [-0.25, -0.2) is 0 Å². The minimum atomic E-state index is -0.658. The fourth-order valence-corrected chi connectivity index (χ4v) is 2.72. The molecule has 82 valence electrons. The lowest BCUT2D eigenvalue weighted by molar-refractivity contribution is -0.182. The average Bonchev–Trinajstić information content (AvgIpc) is 2.42. The van der Waals surface area contributed by atoms with Crippen molar-refractivity contribution in [2.45, 2.75) is 50.8 Å². The van der Waals surface area contributed by atoms with E-state index in [-0.39, 0.29) is 18.6 Å². The summed E-state index contributed by atoms with van der Waals surface area (Å²) >= 11 is 0. The Labute approximate surface area is 83.8 Å². The molecular formula is C10H18O4. The highest BCUT2D eigenvalue weighted by atomic mass is 16.8. The molecule has 2 fully saturated rings. The Bertz CT molecular complexity index is 240. The third-order valence-electron chi connectivity index (χ3n) is 3.35. The number of aliphatic hydroxyl groups excluding tert-OH is 2. The number of ether oxygens (including phenoxy) is 2. The molecule has 1 saturated carbocycles. The molecule has 2 unspecified atom stereocenters. The van der Waals surface area contributed by atoms with Gasteiger partial charge in [0.05, 0.1) is 6.10 Å². The Morgan fingerprint density at radius 3 is 2.57 bits per heavy atom. The van der Waals surface area contributed by atoms with Crippen molar-refractivity contribution in [2.75, 3.05) is 6.61 Å². The van der Waals surface area contributed by atoms with Gasteiger partial charge in [0.1, 0.15) is 11.7 Å². The van der Waals surface area contributed by atoms with Crippen molar-refractivity contribution in [1.82, 2.24) is 0 Å². The van der Waals surface area contributed by atoms with E-state index in [1.807, 2.05) is 20.8 Å². The Hall–Kier alpha value is -0.160. The molecule has 0 bridgehead atoms. The molecule has 1 aliphatic heterocycles. The molecule has 1 aliphatic carbocycles. The molecule has 4 heteroatoms. The molecule has 2 rings (SSSR count). The molecule has 14 heavy (non-hydrogen) atoms. The van der Waals surface area contributed by atoms with Crippen LogP contribution in [0.25, 0.3) is 0 Å². The minimum absolute atomic E-state index is 0.0312. The van der Waals surface area contributed by atoms with E-state index in [4.69, 9.17) is 9.47 Å². The fraction of sp³-hybridized carbons (Fsp3) is 1.00. The van der Waals surface area contributed by atoms with Crippen molar-refractivity contribution in [2.24, 2.45) is 5.92 Å². The van der Waals surface area contributed by atoms with E-state index < -0.39 is 17.5 Å². The molecule has 0 radical (unpaired) electrons. The van der Waals surface area contributed by atoms with Crippen LogP contribution in [0.3, 0.4) is 0 Å². The second-order valence-corrected chi connectivity index (χ2v) is 4.91. The standard InChI is InChI=1S/C10H18O4/c1-9(2)13-8-7(12)4-6(5-11)10(8,3)14-9/h6-8,11-12H,4-5H2,1-3H3/t6-,7+,8?,10?/m1/s1. The van der Waals surface area contributed by atoms with E-state index in [9.17, 15) is 10.2 Å². The maximum absolute atomic E-state index is 9.78. The SMILES string of the molecule is CC1(C)OC2[C@@H](O)C[C@H](CO)C2(C)O1. The topological polar surface area (TPSA) is 58.9 Å². The maximum atomic E-state index is 9.78. The van der Waals surface area contributed by atoms with E-state index in [0.717, 1.165) is 0 Å². The lowest BCUT2D eigenvalue weighted by atomic mass is 9.92. The van der Waals surface area contributed by atoms with Gasteiger partial charge in [0.15, 0.2) is 5.79 Å². The summed E-state index contributed by atoms with van der Waals surface area (Å²) in [5, 5.41) is 19.0. The zero-order valence-electron chi connectivity index (χ0n) is 8.86. The van der Waals surface area contributed by atoms with Crippen LogP contribution in [-0.4, -0.2) is 40.4 Å². The predicted octanol–water partition coefficient (Wildman–Crippen LogP) is 0.270. The van der Waals surface area contributed by atoms with E-state index in [2.05, 4.69) is 0 Å². The van der Waals surface area contributed by atoms with Gasteiger partial charge < -0.3 is 19.7 Å². The number of aliphatic hydroxyl groups is 2. The third-order valence-corrected chi connectivity index (χ3v) is 3.35. The van der Waals surface area contributed by atoms with Gasteiger partial charge in [-0.15, -0.1) is 0 Å². The first kappa shape index (κ1) is 10.4. The van der Waals surface area contributed by atoms with Crippen molar-refractivity contribution in [1.29, 1.82) is 0 Å². The highest BCUT2D eigenvalue weighted by molar-refractivity contribution is 5.07. The Kier molecular flexibility index (Phi) is 2.16. The summed E-state index contributed by atoms with van der Waals surface area (Å²) < 4.78 is 11.4. The van der Waals surface area contributed by atoms with E-state index in [1.54, 1.807) is 0 Å². The molecule has 1 heterocycles. The molecule has 0 aromatic carbocycles. The fourth-order valence-electron chi connectivity index (χ4n) is 2.72. The van der Waals surface area contributed by atoms with Crippen molar-refractivity contribution in [3.63, 3.8) is 0 Å². The van der Waals surface area contributed by atoms with Crippen LogP contribution in [0.4, 0.5) is 0 Å². The van der Waals surface area contributed by atoms with Crippen LogP contribution in [0.1, 0.15) is 27.2 Å². The van der Waals surface area contributed by atoms with Gasteiger partial charge in [-0.1, -0.05) is 0 Å². The van der Waals surface area contributed by atoms with E-state index >= 15 is 0 Å². The van der Waals surface area contributed by atoms with Crippen LogP contribution in [-0.2, 0) is 9.47 Å². The van der Waals surface area contributed by atoms with Crippen molar-refractivity contribution in [3.05, 3.63) is 0 Å². The van der Waals surface area contributed by atoms with Crippen LogP contribution in [0.5, 0.6) is 0 Å². The highest BCUT2D eigenvalue weighted by Gasteiger charge is 2.61. The summed E-state index contributed by atoms with van der Waals surface area (Å²) in [4.78, 5) is 0. The summed E-state index contributed by atoms with van der Waals surface area (Å²) in [6.45, 7) is 5.60. The largest absolute Gasteiger partial charge is 0.396 e. The predicted molar refractivity (Wildman–Crippen MR) is 49.6 cm³/mol. The van der Waals surface area contributed by atoms with Crippen LogP contribution in [0.15, 0.2) is 0 Å². The van der Waals surface area contributed by atoms with Gasteiger partial charge >= 0.3 is 0 Å². The Morgan fingerprint density at radius 1 is 1.36 bits per heavy atom. The number of fused-ring (bicyclic) bond motifs is 1. The second-order valence-electron chi connectivity index (χ2n) is 4.91. The normalized spacial score (nSPS) is 50.8. The van der Waals surface area contributed by atoms with Gasteiger partial charge in [-0.3, -0.25) is 0 Å². The second kappa shape index (κ2) is 2.92. The summed E-state index contributed by atoms with van der Waals surface area (Å²) in [5.41, 5.74) is -0.544. The van der Waals surface area contributed by atoms with E-state index in [1.165, 1.54) is 0 Å². The summed E-state index contributed by atoms with van der Waals surface area (Å²) in [6, 6.07) is 0. The van der Waals surface area contributed by atoms with Crippen LogP contribution < -0.4 is 0 Å². The molecule has 1 saturated heterocycles. The Balaban J connectivity index is 2.27.